The Hall–Kier alpha value is -4.15. The first-order valence-electron chi connectivity index (χ1n) is 8.87. The second kappa shape index (κ2) is 7.35. The Kier molecular flexibility index (Phi) is 4.70. The number of amides is 3. The third-order valence-electron chi connectivity index (χ3n) is 4.86. The lowest BCUT2D eigenvalue weighted by Gasteiger charge is -2.30. The van der Waals surface area contributed by atoms with Crippen LogP contribution in [0.5, 0.6) is 0 Å². The molecular weight excluding hydrogens is 395 g/mol. The lowest BCUT2D eigenvalue weighted by Crippen LogP contribution is -2.45. The fourth-order valence-corrected chi connectivity index (χ4v) is 3.44. The molecule has 11 heteroatoms. The van der Waals surface area contributed by atoms with Crippen molar-refractivity contribution in [2.75, 3.05) is 5.32 Å². The van der Waals surface area contributed by atoms with Crippen LogP contribution in [0.3, 0.4) is 0 Å². The Morgan fingerprint density at radius 3 is 2.83 bits per heavy atom. The Labute approximate surface area is 168 Å². The van der Waals surface area contributed by atoms with Gasteiger partial charge in [0.1, 0.15) is 5.92 Å². The molecule has 0 bridgehead atoms. The van der Waals surface area contributed by atoms with E-state index in [-0.39, 0.29) is 11.3 Å². The minimum atomic E-state index is -1.01. The highest BCUT2D eigenvalue weighted by molar-refractivity contribution is 6.13. The fourth-order valence-electron chi connectivity index (χ4n) is 3.44. The standard InChI is InChI=1S/C19H15FN6O4/c1-9-16(18(27)23-12-3-5-14-11(6-12)8-21-25-14)17(24-19(28)22-9)10-2-4-13(20)15(7-10)26(29)30/h2-8,16-17H,1H3,(H,21,25)(H,23,27)(H,24,28). The number of carbonyl (C=O) groups is 2. The number of aliphatic imine (C=N–C) groups is 1. The smallest absolute Gasteiger partial charge is 0.328 e. The zero-order valence-corrected chi connectivity index (χ0v) is 15.5. The molecule has 3 amide bonds. The first-order valence-corrected chi connectivity index (χ1v) is 8.87. The van der Waals surface area contributed by atoms with Crippen molar-refractivity contribution >= 4 is 39.9 Å². The second-order valence-corrected chi connectivity index (χ2v) is 6.79. The van der Waals surface area contributed by atoms with Crippen molar-refractivity contribution < 1.29 is 18.9 Å². The molecule has 152 valence electrons. The van der Waals surface area contributed by atoms with Crippen molar-refractivity contribution in [3.63, 3.8) is 0 Å². The molecule has 2 unspecified atom stereocenters. The number of halogens is 1. The van der Waals surface area contributed by atoms with Gasteiger partial charge in [-0.05, 0) is 36.8 Å². The predicted molar refractivity (Wildman–Crippen MR) is 106 cm³/mol. The lowest BCUT2D eigenvalue weighted by atomic mass is 9.87. The molecule has 10 nitrogen and oxygen atoms in total. The van der Waals surface area contributed by atoms with Gasteiger partial charge in [0.05, 0.1) is 22.7 Å². The molecule has 3 N–H and O–H groups in total. The molecule has 1 aliphatic heterocycles. The number of hydrogen-bond acceptors (Lipinski definition) is 5. The quantitative estimate of drug-likeness (QED) is 0.447. The van der Waals surface area contributed by atoms with Gasteiger partial charge in [-0.2, -0.15) is 9.49 Å². The molecule has 1 aromatic heterocycles. The van der Waals surface area contributed by atoms with Gasteiger partial charge in [0.2, 0.25) is 11.7 Å². The maximum absolute atomic E-state index is 13.7. The van der Waals surface area contributed by atoms with Gasteiger partial charge in [-0.15, -0.1) is 0 Å². The van der Waals surface area contributed by atoms with Crippen molar-refractivity contribution in [3.8, 4) is 0 Å². The monoisotopic (exact) mass is 410 g/mol. The van der Waals surface area contributed by atoms with E-state index in [1.807, 2.05) is 0 Å². The molecule has 2 heterocycles. The van der Waals surface area contributed by atoms with Crippen LogP contribution in [0.2, 0.25) is 0 Å². The van der Waals surface area contributed by atoms with E-state index >= 15 is 0 Å². The van der Waals surface area contributed by atoms with Crippen LogP contribution >= 0.6 is 0 Å². The maximum Gasteiger partial charge on any atom is 0.341 e. The van der Waals surface area contributed by atoms with E-state index < -0.39 is 40.3 Å². The summed E-state index contributed by atoms with van der Waals surface area (Å²) in [6.07, 6.45) is 1.61. The number of nitrogens with zero attached hydrogens (tertiary/aromatic N) is 3. The van der Waals surface area contributed by atoms with Crippen LogP contribution < -0.4 is 10.6 Å². The summed E-state index contributed by atoms with van der Waals surface area (Å²) in [6, 6.07) is 6.76. The molecule has 30 heavy (non-hydrogen) atoms. The number of H-pyrrole nitrogens is 1. The number of aromatic nitrogens is 2. The molecule has 0 spiro atoms. The fraction of sp³-hybridized carbons (Fsp3) is 0.158. The summed E-state index contributed by atoms with van der Waals surface area (Å²) in [5.74, 6) is -2.44. The molecule has 1 aliphatic rings. The van der Waals surface area contributed by atoms with Gasteiger partial charge in [-0.3, -0.25) is 20.0 Å². The summed E-state index contributed by atoms with van der Waals surface area (Å²) in [4.78, 5) is 39.0. The van der Waals surface area contributed by atoms with Crippen molar-refractivity contribution in [2.24, 2.45) is 10.9 Å². The van der Waals surface area contributed by atoms with E-state index in [9.17, 15) is 24.1 Å². The highest BCUT2D eigenvalue weighted by Gasteiger charge is 2.37. The summed E-state index contributed by atoms with van der Waals surface area (Å²) in [6.45, 7) is 1.52. The molecule has 2 aromatic carbocycles. The molecular formula is C19H15FN6O4. The first kappa shape index (κ1) is 19.2. The van der Waals surface area contributed by atoms with Gasteiger partial charge in [0, 0.05) is 22.9 Å². The number of benzene rings is 2. The van der Waals surface area contributed by atoms with Crippen LogP contribution in [0.15, 0.2) is 47.6 Å². The number of anilines is 1. The van der Waals surface area contributed by atoms with Gasteiger partial charge in [0.25, 0.3) is 0 Å². The Bertz CT molecular complexity index is 1220. The predicted octanol–water partition coefficient (Wildman–Crippen LogP) is 3.09. The van der Waals surface area contributed by atoms with Crippen molar-refractivity contribution in [1.29, 1.82) is 0 Å². The van der Waals surface area contributed by atoms with Crippen LogP contribution in [0.25, 0.3) is 10.9 Å². The molecule has 0 radical (unpaired) electrons. The van der Waals surface area contributed by atoms with Gasteiger partial charge < -0.3 is 10.6 Å². The second-order valence-electron chi connectivity index (χ2n) is 6.79. The van der Waals surface area contributed by atoms with Crippen molar-refractivity contribution in [1.82, 2.24) is 15.5 Å². The summed E-state index contributed by atoms with van der Waals surface area (Å²) in [7, 11) is 0. The summed E-state index contributed by atoms with van der Waals surface area (Å²) >= 11 is 0. The van der Waals surface area contributed by atoms with Crippen LogP contribution in [-0.2, 0) is 4.79 Å². The van der Waals surface area contributed by atoms with Crippen LogP contribution in [-0.4, -0.2) is 32.8 Å². The Balaban J connectivity index is 1.68. The summed E-state index contributed by atoms with van der Waals surface area (Å²) in [5, 5.41) is 23.9. The van der Waals surface area contributed by atoms with Gasteiger partial charge in [-0.25, -0.2) is 9.79 Å². The van der Waals surface area contributed by atoms with E-state index in [0.717, 1.165) is 23.0 Å². The first-order chi connectivity index (χ1) is 14.3. The normalized spacial score (nSPS) is 18.6. The summed E-state index contributed by atoms with van der Waals surface area (Å²) < 4.78 is 13.7. The van der Waals surface area contributed by atoms with Crippen molar-refractivity contribution in [3.05, 3.63) is 64.1 Å². The average Bonchev–Trinajstić information content (AvgIpc) is 3.15. The van der Waals surface area contributed by atoms with Crippen LogP contribution in [0.1, 0.15) is 18.5 Å². The zero-order valence-electron chi connectivity index (χ0n) is 15.5. The lowest BCUT2D eigenvalue weighted by molar-refractivity contribution is -0.387. The number of nitro groups is 1. The van der Waals surface area contributed by atoms with Gasteiger partial charge in [0.15, 0.2) is 0 Å². The Morgan fingerprint density at radius 2 is 2.07 bits per heavy atom. The number of nitrogens with one attached hydrogen (secondary N) is 3. The number of urea groups is 1. The average molecular weight is 410 g/mol. The molecule has 0 aliphatic carbocycles. The molecule has 2 atom stereocenters. The van der Waals surface area contributed by atoms with Gasteiger partial charge >= 0.3 is 11.7 Å². The number of rotatable bonds is 4. The number of carbonyl (C=O) groups excluding carboxylic acids is 2. The van der Waals surface area contributed by atoms with Gasteiger partial charge in [-0.1, -0.05) is 6.07 Å². The maximum atomic E-state index is 13.7. The summed E-state index contributed by atoms with van der Waals surface area (Å²) in [5.41, 5.74) is 1.01. The minimum Gasteiger partial charge on any atom is -0.328 e. The number of fused-ring (bicyclic) bond motifs is 1. The molecule has 3 aromatic rings. The molecule has 0 saturated heterocycles. The van der Waals surface area contributed by atoms with E-state index in [0.29, 0.717) is 5.69 Å². The van der Waals surface area contributed by atoms with Crippen molar-refractivity contribution in [2.45, 2.75) is 13.0 Å². The SMILES string of the molecule is CC1=NC(=O)NC(c2ccc(F)c([N+](=O)[O-])c2)C1C(=O)Nc1ccc2[nH]ncc2c1. The number of hydrogen-bond donors (Lipinski definition) is 3. The van der Waals surface area contributed by atoms with E-state index in [4.69, 9.17) is 0 Å². The number of aromatic amines is 1. The molecule has 4 rings (SSSR count). The topological polar surface area (TPSA) is 142 Å². The van der Waals surface area contributed by atoms with E-state index in [2.05, 4.69) is 25.8 Å². The largest absolute Gasteiger partial charge is 0.341 e. The van der Waals surface area contributed by atoms with Crippen LogP contribution in [0.4, 0.5) is 20.6 Å². The number of nitro benzene ring substituents is 1. The van der Waals surface area contributed by atoms with E-state index in [1.54, 1.807) is 24.4 Å². The molecule has 0 fully saturated rings. The Morgan fingerprint density at radius 1 is 1.27 bits per heavy atom. The van der Waals surface area contributed by atoms with Crippen LogP contribution in [0, 0.1) is 21.8 Å². The minimum absolute atomic E-state index is 0.219. The molecule has 0 saturated carbocycles. The highest BCUT2D eigenvalue weighted by atomic mass is 19.1. The third-order valence-corrected chi connectivity index (χ3v) is 4.86. The zero-order chi connectivity index (χ0) is 21.4. The third kappa shape index (κ3) is 3.48. The highest BCUT2D eigenvalue weighted by Crippen LogP contribution is 2.31. The van der Waals surface area contributed by atoms with E-state index in [1.165, 1.54) is 13.0 Å².